The third-order valence-corrected chi connectivity index (χ3v) is 5.57. The van der Waals surface area contributed by atoms with Gasteiger partial charge in [0.25, 0.3) is 0 Å². The number of allylic oxidation sites excluding steroid dienone is 2. The van der Waals surface area contributed by atoms with E-state index >= 15 is 0 Å². The third kappa shape index (κ3) is 1.76. The van der Waals surface area contributed by atoms with E-state index in [1.54, 1.807) is 6.08 Å². The van der Waals surface area contributed by atoms with Gasteiger partial charge < -0.3 is 10.9 Å². The smallest absolute Gasteiger partial charge is 0.161 e. The van der Waals surface area contributed by atoms with Crippen LogP contribution in [0.15, 0.2) is 42.1 Å². The number of ketones is 1. The molecular formula is C17H22N2O. The Morgan fingerprint density at radius 1 is 1.10 bits per heavy atom. The first-order chi connectivity index (χ1) is 9.45. The molecule has 1 aromatic rings. The summed E-state index contributed by atoms with van der Waals surface area (Å²) in [6.45, 7) is 6.71. The number of hydrogen-bond donors (Lipinski definition) is 2. The first-order valence-corrected chi connectivity index (χ1v) is 7.28. The minimum Gasteiger partial charge on any atom is -0.304 e. The standard InChI is InChI=1S/C17H22N2O/c1-16(2)13-9-10-17(16,3)15(11-14(13)20)19-18-12-7-5-4-6-8-12/h4-8,11,13,18-19H,9-10H2,1-3H3/t13-,17-/m0/s1. The highest BCUT2D eigenvalue weighted by molar-refractivity contribution is 5.95. The molecule has 0 aliphatic heterocycles. The van der Waals surface area contributed by atoms with Crippen molar-refractivity contribution in [3.63, 3.8) is 0 Å². The number of carbonyl (C=O) groups excluding carboxylic acids is 1. The summed E-state index contributed by atoms with van der Waals surface area (Å²) in [5.41, 5.74) is 8.56. The van der Waals surface area contributed by atoms with Gasteiger partial charge >= 0.3 is 0 Å². The zero-order valence-corrected chi connectivity index (χ0v) is 12.4. The molecule has 2 bridgehead atoms. The summed E-state index contributed by atoms with van der Waals surface area (Å²) in [5, 5.41) is 0. The Kier molecular flexibility index (Phi) is 2.89. The van der Waals surface area contributed by atoms with Crippen LogP contribution >= 0.6 is 0 Å². The maximum Gasteiger partial charge on any atom is 0.161 e. The van der Waals surface area contributed by atoms with Gasteiger partial charge in [-0.15, -0.1) is 0 Å². The number of nitrogens with one attached hydrogen (secondary N) is 2. The van der Waals surface area contributed by atoms with Crippen LogP contribution < -0.4 is 10.9 Å². The molecule has 1 aromatic carbocycles. The van der Waals surface area contributed by atoms with Gasteiger partial charge in [-0.1, -0.05) is 39.0 Å². The van der Waals surface area contributed by atoms with Crippen LogP contribution in [0.4, 0.5) is 5.69 Å². The SMILES string of the molecule is CC1(C)[C@H]2CC[C@@]1(C)C(NNc1ccccc1)=CC2=O. The Hall–Kier alpha value is -1.77. The molecule has 2 N–H and O–H groups in total. The van der Waals surface area contributed by atoms with Gasteiger partial charge in [0.15, 0.2) is 5.78 Å². The Morgan fingerprint density at radius 2 is 1.80 bits per heavy atom. The van der Waals surface area contributed by atoms with Crippen LogP contribution in [0, 0.1) is 16.7 Å². The van der Waals surface area contributed by atoms with E-state index in [1.165, 1.54) is 0 Å². The molecule has 0 heterocycles. The summed E-state index contributed by atoms with van der Waals surface area (Å²) in [6.07, 6.45) is 3.86. The molecule has 0 aromatic heterocycles. The number of hydrazine groups is 1. The topological polar surface area (TPSA) is 41.1 Å². The lowest BCUT2D eigenvalue weighted by Gasteiger charge is -2.45. The fourth-order valence-corrected chi connectivity index (χ4v) is 3.72. The van der Waals surface area contributed by atoms with E-state index in [9.17, 15) is 4.79 Å². The van der Waals surface area contributed by atoms with Crippen molar-refractivity contribution in [2.45, 2.75) is 33.6 Å². The minimum absolute atomic E-state index is 0.0134. The van der Waals surface area contributed by atoms with Crippen LogP contribution in [0.25, 0.3) is 0 Å². The van der Waals surface area contributed by atoms with Crippen LogP contribution in [-0.4, -0.2) is 5.78 Å². The van der Waals surface area contributed by atoms with Crippen molar-refractivity contribution in [1.29, 1.82) is 0 Å². The van der Waals surface area contributed by atoms with E-state index in [1.807, 2.05) is 30.3 Å². The number of hydrogen-bond acceptors (Lipinski definition) is 3. The molecule has 0 spiro atoms. The molecular weight excluding hydrogens is 248 g/mol. The molecule has 2 atom stereocenters. The summed E-state index contributed by atoms with van der Waals surface area (Å²) in [7, 11) is 0. The van der Waals surface area contributed by atoms with E-state index in [0.29, 0.717) is 0 Å². The number of benzene rings is 1. The number of para-hydroxylation sites is 1. The molecule has 1 saturated carbocycles. The van der Waals surface area contributed by atoms with Crippen LogP contribution in [0.5, 0.6) is 0 Å². The van der Waals surface area contributed by atoms with Crippen LogP contribution in [0.1, 0.15) is 33.6 Å². The summed E-state index contributed by atoms with van der Waals surface area (Å²) in [6, 6.07) is 9.97. The second-order valence-electron chi connectivity index (χ2n) is 6.72. The minimum atomic E-state index is 0.0134. The average Bonchev–Trinajstić information content (AvgIpc) is 2.58. The van der Waals surface area contributed by atoms with E-state index in [0.717, 1.165) is 24.2 Å². The van der Waals surface area contributed by atoms with Crippen LogP contribution in [0.2, 0.25) is 0 Å². The Balaban J connectivity index is 1.84. The number of anilines is 1. The van der Waals surface area contributed by atoms with Crippen molar-refractivity contribution < 1.29 is 4.79 Å². The van der Waals surface area contributed by atoms with E-state index in [2.05, 4.69) is 31.6 Å². The van der Waals surface area contributed by atoms with E-state index in [-0.39, 0.29) is 22.5 Å². The van der Waals surface area contributed by atoms with Crippen molar-refractivity contribution in [2.24, 2.45) is 16.7 Å². The second kappa shape index (κ2) is 4.37. The largest absolute Gasteiger partial charge is 0.304 e. The van der Waals surface area contributed by atoms with Crippen molar-refractivity contribution in [3.05, 3.63) is 42.1 Å². The van der Waals surface area contributed by atoms with Crippen molar-refractivity contribution >= 4 is 11.5 Å². The van der Waals surface area contributed by atoms with E-state index in [4.69, 9.17) is 0 Å². The van der Waals surface area contributed by atoms with Gasteiger partial charge in [-0.05, 0) is 30.4 Å². The van der Waals surface area contributed by atoms with Gasteiger partial charge in [-0.3, -0.25) is 4.79 Å². The molecule has 20 heavy (non-hydrogen) atoms. The maximum absolute atomic E-state index is 12.3. The number of rotatable bonds is 3. The quantitative estimate of drug-likeness (QED) is 0.826. The summed E-state index contributed by atoms with van der Waals surface area (Å²) in [4.78, 5) is 12.3. The Morgan fingerprint density at radius 3 is 2.50 bits per heavy atom. The molecule has 0 saturated heterocycles. The van der Waals surface area contributed by atoms with Gasteiger partial charge in [-0.25, -0.2) is 0 Å². The molecule has 0 amide bonds. The highest BCUT2D eigenvalue weighted by Crippen LogP contribution is 2.61. The molecule has 2 aliphatic rings. The van der Waals surface area contributed by atoms with Crippen LogP contribution in [0.3, 0.4) is 0 Å². The molecule has 0 radical (unpaired) electrons. The maximum atomic E-state index is 12.3. The molecule has 3 nitrogen and oxygen atoms in total. The zero-order chi connectivity index (χ0) is 14.4. The molecule has 3 heteroatoms. The lowest BCUT2D eigenvalue weighted by Crippen LogP contribution is -2.46. The lowest BCUT2D eigenvalue weighted by molar-refractivity contribution is -0.123. The van der Waals surface area contributed by atoms with Crippen molar-refractivity contribution in [3.8, 4) is 0 Å². The highest BCUT2D eigenvalue weighted by atomic mass is 16.1. The zero-order valence-electron chi connectivity index (χ0n) is 12.4. The fraction of sp³-hybridized carbons (Fsp3) is 0.471. The van der Waals surface area contributed by atoms with Crippen molar-refractivity contribution in [1.82, 2.24) is 5.43 Å². The van der Waals surface area contributed by atoms with Crippen molar-refractivity contribution in [2.75, 3.05) is 5.43 Å². The van der Waals surface area contributed by atoms with E-state index < -0.39 is 0 Å². The number of carbonyl (C=O) groups is 1. The monoisotopic (exact) mass is 270 g/mol. The van der Waals surface area contributed by atoms with Gasteiger partial charge in [0.2, 0.25) is 0 Å². The highest BCUT2D eigenvalue weighted by Gasteiger charge is 2.58. The Bertz CT molecular complexity index is 562. The molecule has 3 rings (SSSR count). The molecule has 1 fully saturated rings. The first kappa shape index (κ1) is 13.2. The van der Waals surface area contributed by atoms with Crippen LogP contribution in [-0.2, 0) is 4.79 Å². The average molecular weight is 270 g/mol. The molecule has 106 valence electrons. The fourth-order valence-electron chi connectivity index (χ4n) is 3.72. The predicted octanol–water partition coefficient (Wildman–Crippen LogP) is 3.51. The van der Waals surface area contributed by atoms with Gasteiger partial charge in [0, 0.05) is 23.1 Å². The van der Waals surface area contributed by atoms with Gasteiger partial charge in [0.1, 0.15) is 0 Å². The van der Waals surface area contributed by atoms with Gasteiger partial charge in [0.05, 0.1) is 5.69 Å². The molecule has 0 unspecified atom stereocenters. The molecule has 2 aliphatic carbocycles. The van der Waals surface area contributed by atoms with Gasteiger partial charge in [-0.2, -0.15) is 0 Å². The Labute approximate surface area is 120 Å². The summed E-state index contributed by atoms with van der Waals surface area (Å²) in [5.74, 6) is 0.442. The predicted molar refractivity (Wildman–Crippen MR) is 80.9 cm³/mol. The second-order valence-corrected chi connectivity index (χ2v) is 6.72. The lowest BCUT2D eigenvalue weighted by atomic mass is 9.60. The summed E-state index contributed by atoms with van der Waals surface area (Å²) >= 11 is 0. The summed E-state index contributed by atoms with van der Waals surface area (Å²) < 4.78 is 0. The number of fused-ring (bicyclic) bond motifs is 2. The normalized spacial score (nSPS) is 30.9. The first-order valence-electron chi connectivity index (χ1n) is 7.28. The third-order valence-electron chi connectivity index (χ3n) is 5.57.